The summed E-state index contributed by atoms with van der Waals surface area (Å²) >= 11 is 1.37. The maximum atomic E-state index is 12.1. The van der Waals surface area contributed by atoms with E-state index in [9.17, 15) is 18.3 Å². The molecule has 0 spiro atoms. The van der Waals surface area contributed by atoms with Crippen LogP contribution in [-0.4, -0.2) is 55.0 Å². The van der Waals surface area contributed by atoms with E-state index in [0.717, 1.165) is 16.8 Å². The molecule has 0 unspecified atom stereocenters. The number of nitrogens with one attached hydrogen (secondary N) is 2. The molecule has 33 heavy (non-hydrogen) atoms. The summed E-state index contributed by atoms with van der Waals surface area (Å²) in [5.74, 6) is 0.337. The molecule has 1 aliphatic rings. The van der Waals surface area contributed by atoms with E-state index in [-0.39, 0.29) is 29.6 Å². The second-order valence-electron chi connectivity index (χ2n) is 8.58. The highest BCUT2D eigenvalue weighted by Gasteiger charge is 2.37. The molecule has 0 saturated heterocycles. The summed E-state index contributed by atoms with van der Waals surface area (Å²) in [6, 6.07) is 3.99. The fourth-order valence-electron chi connectivity index (χ4n) is 3.80. The van der Waals surface area contributed by atoms with Crippen molar-refractivity contribution in [2.24, 2.45) is 5.92 Å². The number of carbonyl (C=O) groups is 1. The first-order valence-corrected chi connectivity index (χ1v) is 13.3. The first kappa shape index (κ1) is 23.5. The molecule has 12 heteroatoms. The molecule has 1 aromatic carbocycles. The number of hydrogen-bond donors (Lipinski definition) is 3. The van der Waals surface area contributed by atoms with Crippen LogP contribution < -0.4 is 15.5 Å². The highest BCUT2D eigenvalue weighted by molar-refractivity contribution is 7.90. The number of aliphatic hydroxyl groups is 1. The molecule has 2 amide bonds. The van der Waals surface area contributed by atoms with Gasteiger partial charge in [0.25, 0.3) is 6.01 Å². The van der Waals surface area contributed by atoms with E-state index in [1.165, 1.54) is 23.5 Å². The average Bonchev–Trinajstić information content (AvgIpc) is 3.34. The number of thiazole rings is 1. The Morgan fingerprint density at radius 3 is 2.79 bits per heavy atom. The summed E-state index contributed by atoms with van der Waals surface area (Å²) in [6.07, 6.45) is 1.60. The Morgan fingerprint density at radius 2 is 2.12 bits per heavy atom. The Bertz CT molecular complexity index is 1280. The lowest BCUT2D eigenvalue weighted by Gasteiger charge is -2.37. The van der Waals surface area contributed by atoms with Crippen LogP contribution in [0.25, 0.3) is 11.1 Å². The van der Waals surface area contributed by atoms with Gasteiger partial charge in [0.1, 0.15) is 5.52 Å². The molecule has 0 radical (unpaired) electrons. The number of sulfone groups is 1. The minimum atomic E-state index is -3.37. The Kier molecular flexibility index (Phi) is 6.34. The molecular formula is C21H27N5O5S2. The molecule has 4 rings (SSSR count). The Morgan fingerprint density at radius 1 is 1.36 bits per heavy atom. The third kappa shape index (κ3) is 4.82. The predicted molar refractivity (Wildman–Crippen MR) is 127 cm³/mol. The van der Waals surface area contributed by atoms with E-state index in [2.05, 4.69) is 20.6 Å². The molecule has 2 atom stereocenters. The van der Waals surface area contributed by atoms with Crippen LogP contribution in [0.15, 0.2) is 27.5 Å². The van der Waals surface area contributed by atoms with Crippen molar-refractivity contribution in [2.45, 2.75) is 44.2 Å². The summed E-state index contributed by atoms with van der Waals surface area (Å²) in [7, 11) is -3.37. The number of fused-ring (bicyclic) bond motifs is 2. The molecule has 178 valence electrons. The first-order valence-electron chi connectivity index (χ1n) is 10.6. The van der Waals surface area contributed by atoms with Gasteiger partial charge in [0, 0.05) is 19.2 Å². The quantitative estimate of drug-likeness (QED) is 0.477. The van der Waals surface area contributed by atoms with E-state index >= 15 is 0 Å². The lowest BCUT2D eigenvalue weighted by atomic mass is 10.00. The number of anilines is 2. The van der Waals surface area contributed by atoms with Crippen molar-refractivity contribution in [3.05, 3.63) is 28.8 Å². The van der Waals surface area contributed by atoms with E-state index in [4.69, 9.17) is 4.42 Å². The largest absolute Gasteiger partial charge is 0.423 e. The maximum absolute atomic E-state index is 12.1. The standard InChI is InChI=1S/C21H27N5O5S2/c1-11(2)9-22-19(28)25-20-23-16-7-13(10-27)26(12(3)18(16)32-20)21-24-15-8-14(33(4,29)30)5-6-17(15)31-21/h5-6,8,11-13,27H,7,9-10H2,1-4H3,(H2,22,23,25,28)/t12-,13-/m0/s1. The summed E-state index contributed by atoms with van der Waals surface area (Å²) in [5, 5.41) is 16.1. The van der Waals surface area contributed by atoms with Crippen molar-refractivity contribution < 1.29 is 22.7 Å². The van der Waals surface area contributed by atoms with E-state index in [1.807, 2.05) is 25.7 Å². The summed E-state index contributed by atoms with van der Waals surface area (Å²) < 4.78 is 29.7. The van der Waals surface area contributed by atoms with Gasteiger partial charge in [0.2, 0.25) is 0 Å². The molecule has 0 saturated carbocycles. The Balaban J connectivity index is 1.62. The van der Waals surface area contributed by atoms with Gasteiger partial charge in [-0.25, -0.2) is 18.2 Å². The number of benzene rings is 1. The molecule has 3 heterocycles. The second kappa shape index (κ2) is 8.92. The molecule has 0 fully saturated rings. The number of aromatic nitrogens is 2. The number of hydrogen-bond acceptors (Lipinski definition) is 9. The zero-order valence-electron chi connectivity index (χ0n) is 18.8. The lowest BCUT2D eigenvalue weighted by molar-refractivity contribution is 0.242. The third-order valence-electron chi connectivity index (χ3n) is 5.45. The van der Waals surface area contributed by atoms with Crippen molar-refractivity contribution >= 4 is 49.5 Å². The number of rotatable bonds is 6. The number of carbonyl (C=O) groups excluding carboxylic acids is 1. The van der Waals surface area contributed by atoms with Crippen molar-refractivity contribution in [3.63, 3.8) is 0 Å². The molecule has 1 aliphatic heterocycles. The fraction of sp³-hybridized carbons (Fsp3) is 0.476. The first-order chi connectivity index (χ1) is 15.6. The topological polar surface area (TPSA) is 138 Å². The van der Waals surface area contributed by atoms with Gasteiger partial charge in [0.15, 0.2) is 20.6 Å². The van der Waals surface area contributed by atoms with Crippen molar-refractivity contribution in [1.29, 1.82) is 0 Å². The monoisotopic (exact) mass is 493 g/mol. The van der Waals surface area contributed by atoms with Crippen molar-refractivity contribution in [3.8, 4) is 0 Å². The van der Waals surface area contributed by atoms with E-state index in [0.29, 0.717) is 41.1 Å². The van der Waals surface area contributed by atoms with Crippen LogP contribution in [0.2, 0.25) is 0 Å². The molecular weight excluding hydrogens is 466 g/mol. The van der Waals surface area contributed by atoms with Gasteiger partial charge in [-0.1, -0.05) is 25.2 Å². The lowest BCUT2D eigenvalue weighted by Crippen LogP contribution is -2.45. The second-order valence-corrected chi connectivity index (χ2v) is 11.6. The molecule has 0 bridgehead atoms. The molecule has 3 aromatic rings. The van der Waals surface area contributed by atoms with Crippen LogP contribution in [-0.2, 0) is 16.3 Å². The van der Waals surface area contributed by atoms with Crippen LogP contribution >= 0.6 is 11.3 Å². The Labute approximate surface area is 195 Å². The number of oxazole rings is 1. The highest BCUT2D eigenvalue weighted by Crippen LogP contribution is 2.41. The number of aliphatic hydroxyl groups excluding tert-OH is 1. The van der Waals surface area contributed by atoms with Gasteiger partial charge >= 0.3 is 6.03 Å². The molecule has 3 N–H and O–H groups in total. The maximum Gasteiger partial charge on any atom is 0.321 e. The molecule has 10 nitrogen and oxygen atoms in total. The summed E-state index contributed by atoms with van der Waals surface area (Å²) in [4.78, 5) is 24.2. The summed E-state index contributed by atoms with van der Waals surface area (Å²) in [5.41, 5.74) is 1.70. The minimum Gasteiger partial charge on any atom is -0.423 e. The van der Waals surface area contributed by atoms with Crippen LogP contribution in [0.1, 0.15) is 37.4 Å². The Hall–Kier alpha value is -2.70. The number of nitrogens with zero attached hydrogens (tertiary/aromatic N) is 3. The molecule has 2 aromatic heterocycles. The van der Waals surface area contributed by atoms with Crippen LogP contribution in [0.4, 0.5) is 15.9 Å². The fourth-order valence-corrected chi connectivity index (χ4v) is 5.48. The van der Waals surface area contributed by atoms with Gasteiger partial charge in [0.05, 0.1) is 34.2 Å². The van der Waals surface area contributed by atoms with Crippen molar-refractivity contribution in [2.75, 3.05) is 29.6 Å². The SMILES string of the molecule is CC(C)CNC(=O)Nc1nc2c(s1)[C@H](C)N(c1nc3cc(S(C)(=O)=O)ccc3o1)[C@H](CO)C2. The van der Waals surface area contributed by atoms with E-state index in [1.54, 1.807) is 6.07 Å². The van der Waals surface area contributed by atoms with Gasteiger partial charge < -0.3 is 19.7 Å². The zero-order chi connectivity index (χ0) is 23.9. The average molecular weight is 494 g/mol. The van der Waals surface area contributed by atoms with Gasteiger partial charge in [-0.3, -0.25) is 5.32 Å². The highest BCUT2D eigenvalue weighted by atomic mass is 32.2. The van der Waals surface area contributed by atoms with Crippen LogP contribution in [0.5, 0.6) is 0 Å². The number of urea groups is 1. The van der Waals surface area contributed by atoms with Gasteiger partial charge in [-0.2, -0.15) is 4.98 Å². The predicted octanol–water partition coefficient (Wildman–Crippen LogP) is 2.95. The van der Waals surface area contributed by atoms with Crippen LogP contribution in [0.3, 0.4) is 0 Å². The summed E-state index contributed by atoms with van der Waals surface area (Å²) in [6.45, 7) is 6.40. The third-order valence-corrected chi connectivity index (χ3v) is 7.74. The zero-order valence-corrected chi connectivity index (χ0v) is 20.5. The molecule has 0 aliphatic carbocycles. The normalized spacial score (nSPS) is 18.5. The van der Waals surface area contributed by atoms with Gasteiger partial charge in [-0.05, 0) is 31.0 Å². The van der Waals surface area contributed by atoms with Gasteiger partial charge in [-0.15, -0.1) is 0 Å². The van der Waals surface area contributed by atoms with Crippen LogP contribution in [0, 0.1) is 5.92 Å². The minimum absolute atomic E-state index is 0.147. The number of amides is 2. The van der Waals surface area contributed by atoms with E-state index < -0.39 is 9.84 Å². The van der Waals surface area contributed by atoms with Crippen molar-refractivity contribution in [1.82, 2.24) is 15.3 Å². The smallest absolute Gasteiger partial charge is 0.321 e.